The molecule has 2 rings (SSSR count). The van der Waals surface area contributed by atoms with Crippen molar-refractivity contribution in [3.8, 4) is 0 Å². The van der Waals surface area contributed by atoms with Crippen molar-refractivity contribution in [3.63, 3.8) is 0 Å². The number of nitrogens with one attached hydrogen (secondary N) is 1. The quantitative estimate of drug-likeness (QED) is 0.747. The fourth-order valence-corrected chi connectivity index (χ4v) is 3.29. The van der Waals surface area contributed by atoms with E-state index < -0.39 is 0 Å². The fourth-order valence-electron chi connectivity index (χ4n) is 3.29. The molecule has 1 atom stereocenters. The first-order valence-corrected chi connectivity index (χ1v) is 6.65. The fraction of sp³-hybridized carbons (Fsp3) is 1.00. The molecule has 0 aromatic carbocycles. The van der Waals surface area contributed by atoms with Gasteiger partial charge in [0.05, 0.1) is 0 Å². The van der Waals surface area contributed by atoms with Gasteiger partial charge in [0.1, 0.15) is 0 Å². The highest BCUT2D eigenvalue weighted by atomic mass is 15.2. The molecule has 2 aliphatic rings. The summed E-state index contributed by atoms with van der Waals surface area (Å²) in [4.78, 5) is 2.71. The van der Waals surface area contributed by atoms with Gasteiger partial charge in [0.15, 0.2) is 0 Å². The number of hydrogen-bond acceptors (Lipinski definition) is 2. The van der Waals surface area contributed by atoms with Crippen molar-refractivity contribution in [2.24, 2.45) is 11.3 Å². The van der Waals surface area contributed by atoms with E-state index in [0.717, 1.165) is 5.92 Å². The molecule has 1 saturated heterocycles. The zero-order valence-corrected chi connectivity index (χ0v) is 10.4. The highest BCUT2D eigenvalue weighted by molar-refractivity contribution is 4.91. The minimum atomic E-state index is 0.717. The van der Waals surface area contributed by atoms with E-state index >= 15 is 0 Å². The highest BCUT2D eigenvalue weighted by Gasteiger charge is 2.38. The Hall–Kier alpha value is -0.0800. The van der Waals surface area contributed by atoms with Crippen molar-refractivity contribution in [2.45, 2.75) is 39.0 Å². The van der Waals surface area contributed by atoms with Gasteiger partial charge in [-0.15, -0.1) is 0 Å². The van der Waals surface area contributed by atoms with Crippen LogP contribution in [-0.4, -0.2) is 38.1 Å². The second kappa shape index (κ2) is 4.84. The molecular weight excluding hydrogens is 184 g/mol. The molecule has 2 nitrogen and oxygen atoms in total. The average molecular weight is 210 g/mol. The van der Waals surface area contributed by atoms with Crippen LogP contribution in [0.25, 0.3) is 0 Å². The third-order valence-corrected chi connectivity index (χ3v) is 4.59. The molecular formula is C13H26N2. The van der Waals surface area contributed by atoms with Gasteiger partial charge in [-0.1, -0.05) is 13.3 Å². The second-order valence-electron chi connectivity index (χ2n) is 5.65. The summed E-state index contributed by atoms with van der Waals surface area (Å²) in [6.07, 6.45) is 7.23. The van der Waals surface area contributed by atoms with Crippen LogP contribution in [0, 0.1) is 11.3 Å². The Morgan fingerprint density at radius 3 is 2.73 bits per heavy atom. The lowest BCUT2D eigenvalue weighted by molar-refractivity contribution is 0.0716. The maximum atomic E-state index is 3.31. The van der Waals surface area contributed by atoms with E-state index in [1.807, 2.05) is 0 Å². The summed E-state index contributed by atoms with van der Waals surface area (Å²) in [5.74, 6) is 0.906. The molecule has 0 radical (unpaired) electrons. The Morgan fingerprint density at radius 1 is 1.40 bits per heavy atom. The summed E-state index contributed by atoms with van der Waals surface area (Å²) >= 11 is 0. The molecule has 1 aliphatic carbocycles. The molecule has 1 N–H and O–H groups in total. The SMILES string of the molecule is CCC1(CN2CCC(CNC)C2)CCC1. The van der Waals surface area contributed by atoms with Crippen LogP contribution in [-0.2, 0) is 0 Å². The Bertz CT molecular complexity index is 193. The van der Waals surface area contributed by atoms with Gasteiger partial charge in [0, 0.05) is 13.1 Å². The van der Waals surface area contributed by atoms with Crippen LogP contribution in [0.3, 0.4) is 0 Å². The average Bonchev–Trinajstić information content (AvgIpc) is 2.60. The van der Waals surface area contributed by atoms with E-state index in [1.165, 1.54) is 58.3 Å². The maximum Gasteiger partial charge on any atom is 0.00380 e. The molecule has 0 bridgehead atoms. The smallest absolute Gasteiger partial charge is 0.00380 e. The van der Waals surface area contributed by atoms with Crippen molar-refractivity contribution in [2.75, 3.05) is 33.2 Å². The summed E-state index contributed by atoms with van der Waals surface area (Å²) in [6.45, 7) is 7.64. The molecule has 0 aromatic heterocycles. The largest absolute Gasteiger partial charge is 0.319 e. The first-order valence-electron chi connectivity index (χ1n) is 6.65. The molecule has 15 heavy (non-hydrogen) atoms. The summed E-state index contributed by atoms with van der Waals surface area (Å²) in [5, 5.41) is 3.31. The molecule has 2 fully saturated rings. The zero-order chi connectivity index (χ0) is 10.7. The third kappa shape index (κ3) is 2.54. The molecule has 1 saturated carbocycles. The van der Waals surface area contributed by atoms with Crippen molar-refractivity contribution < 1.29 is 0 Å². The number of rotatable bonds is 5. The van der Waals surface area contributed by atoms with E-state index in [1.54, 1.807) is 0 Å². The molecule has 2 heteroatoms. The number of likely N-dealkylation sites (tertiary alicyclic amines) is 1. The minimum Gasteiger partial charge on any atom is -0.319 e. The summed E-state index contributed by atoms with van der Waals surface area (Å²) in [7, 11) is 2.07. The zero-order valence-electron chi connectivity index (χ0n) is 10.4. The van der Waals surface area contributed by atoms with Crippen molar-refractivity contribution >= 4 is 0 Å². The van der Waals surface area contributed by atoms with Gasteiger partial charge in [0.25, 0.3) is 0 Å². The van der Waals surface area contributed by atoms with Crippen LogP contribution in [0.2, 0.25) is 0 Å². The van der Waals surface area contributed by atoms with Crippen LogP contribution in [0.15, 0.2) is 0 Å². The van der Waals surface area contributed by atoms with Crippen molar-refractivity contribution in [1.29, 1.82) is 0 Å². The molecule has 88 valence electrons. The summed E-state index contributed by atoms with van der Waals surface area (Å²) in [6, 6.07) is 0. The van der Waals surface area contributed by atoms with Crippen LogP contribution in [0.4, 0.5) is 0 Å². The van der Waals surface area contributed by atoms with Crippen LogP contribution in [0.1, 0.15) is 39.0 Å². The van der Waals surface area contributed by atoms with Crippen molar-refractivity contribution in [3.05, 3.63) is 0 Å². The van der Waals surface area contributed by atoms with Crippen LogP contribution >= 0.6 is 0 Å². The molecule has 0 amide bonds. The van der Waals surface area contributed by atoms with Gasteiger partial charge >= 0.3 is 0 Å². The molecule has 0 aromatic rings. The van der Waals surface area contributed by atoms with Gasteiger partial charge in [-0.2, -0.15) is 0 Å². The topological polar surface area (TPSA) is 15.3 Å². The molecule has 1 unspecified atom stereocenters. The lowest BCUT2D eigenvalue weighted by atomic mass is 9.67. The van der Waals surface area contributed by atoms with Crippen LogP contribution in [0.5, 0.6) is 0 Å². The van der Waals surface area contributed by atoms with E-state index in [0.29, 0.717) is 5.41 Å². The van der Waals surface area contributed by atoms with Gasteiger partial charge in [0.2, 0.25) is 0 Å². The summed E-state index contributed by atoms with van der Waals surface area (Å²) in [5.41, 5.74) is 0.717. The molecule has 1 heterocycles. The second-order valence-corrected chi connectivity index (χ2v) is 5.65. The highest BCUT2D eigenvalue weighted by Crippen LogP contribution is 2.44. The Labute approximate surface area is 94.4 Å². The summed E-state index contributed by atoms with van der Waals surface area (Å²) < 4.78 is 0. The normalized spacial score (nSPS) is 30.4. The monoisotopic (exact) mass is 210 g/mol. The van der Waals surface area contributed by atoms with Crippen molar-refractivity contribution in [1.82, 2.24) is 10.2 Å². The Kier molecular flexibility index (Phi) is 3.68. The lowest BCUT2D eigenvalue weighted by Gasteiger charge is -2.44. The third-order valence-electron chi connectivity index (χ3n) is 4.59. The molecule has 0 spiro atoms. The minimum absolute atomic E-state index is 0.717. The van der Waals surface area contributed by atoms with Gasteiger partial charge < -0.3 is 10.2 Å². The predicted molar refractivity (Wildman–Crippen MR) is 65.0 cm³/mol. The molecule has 1 aliphatic heterocycles. The lowest BCUT2D eigenvalue weighted by Crippen LogP contribution is -2.41. The number of hydrogen-bond donors (Lipinski definition) is 1. The van der Waals surface area contributed by atoms with Gasteiger partial charge in [-0.25, -0.2) is 0 Å². The first-order chi connectivity index (χ1) is 7.28. The van der Waals surface area contributed by atoms with E-state index in [2.05, 4.69) is 24.2 Å². The van der Waals surface area contributed by atoms with Gasteiger partial charge in [-0.3, -0.25) is 0 Å². The maximum absolute atomic E-state index is 3.31. The van der Waals surface area contributed by atoms with E-state index in [9.17, 15) is 0 Å². The van der Waals surface area contributed by atoms with E-state index in [4.69, 9.17) is 0 Å². The Balaban J connectivity index is 1.76. The van der Waals surface area contributed by atoms with Gasteiger partial charge in [-0.05, 0) is 57.2 Å². The first kappa shape index (κ1) is 11.4. The Morgan fingerprint density at radius 2 is 2.20 bits per heavy atom. The number of nitrogens with zero attached hydrogens (tertiary/aromatic N) is 1. The standard InChI is InChI=1S/C13H26N2/c1-3-13(6-4-7-13)11-15-8-5-12(10-15)9-14-2/h12,14H,3-11H2,1-2H3. The predicted octanol–water partition coefficient (Wildman–Crippen LogP) is 2.11. The van der Waals surface area contributed by atoms with E-state index in [-0.39, 0.29) is 0 Å². The van der Waals surface area contributed by atoms with Crippen LogP contribution < -0.4 is 5.32 Å².